The maximum Gasteiger partial charge on any atom is 0.105 e. The van der Waals surface area contributed by atoms with Gasteiger partial charge in [-0.3, -0.25) is 5.78 Å². The van der Waals surface area contributed by atoms with Gasteiger partial charge in [-0.1, -0.05) is 12.5 Å². The molecule has 2 rings (SSSR count). The molecule has 0 saturated heterocycles. The van der Waals surface area contributed by atoms with Gasteiger partial charge in [0.15, 0.2) is 0 Å². The van der Waals surface area contributed by atoms with E-state index in [1.807, 2.05) is 50.2 Å². The standard InChI is InChI=1S/2C8H9O.Fe/c2*1-6-3-4-8(5-6)7(2)9;/h2*3-5H,1-2H3;/q-5;-1;. The minimum Gasteiger partial charge on any atom is -0.718 e. The van der Waals surface area contributed by atoms with E-state index < -0.39 is 0 Å². The Bertz CT molecular complexity index is 496. The van der Waals surface area contributed by atoms with Crippen molar-refractivity contribution in [3.63, 3.8) is 0 Å². The number of carbonyl (C=O) groups is 2. The van der Waals surface area contributed by atoms with Gasteiger partial charge >= 0.3 is 0 Å². The molecule has 0 fully saturated rings. The van der Waals surface area contributed by atoms with E-state index in [-0.39, 0.29) is 28.6 Å². The molecule has 2 aromatic carbocycles. The predicted molar refractivity (Wildman–Crippen MR) is 73.6 cm³/mol. The van der Waals surface area contributed by atoms with Gasteiger partial charge in [-0.15, -0.1) is 6.92 Å². The third kappa shape index (κ3) is 5.82. The van der Waals surface area contributed by atoms with Gasteiger partial charge in [0.2, 0.25) is 0 Å². The monoisotopic (exact) mass is 298 g/mol. The zero-order valence-corrected chi connectivity index (χ0v) is 12.7. The topological polar surface area (TPSA) is 34.1 Å². The molecule has 0 N–H and O–H groups in total. The van der Waals surface area contributed by atoms with Crippen LogP contribution >= 0.6 is 0 Å². The van der Waals surface area contributed by atoms with Gasteiger partial charge in [0.25, 0.3) is 0 Å². The van der Waals surface area contributed by atoms with Crippen molar-refractivity contribution < 1.29 is 26.7 Å². The summed E-state index contributed by atoms with van der Waals surface area (Å²) in [5, 5.41) is 0. The molecule has 0 heterocycles. The van der Waals surface area contributed by atoms with Crippen molar-refractivity contribution in [2.75, 3.05) is 0 Å². The minimum absolute atomic E-state index is 0. The van der Waals surface area contributed by atoms with Gasteiger partial charge in [0, 0.05) is 17.1 Å². The second-order valence-corrected chi connectivity index (χ2v) is 4.47. The van der Waals surface area contributed by atoms with Crippen molar-refractivity contribution in [1.82, 2.24) is 0 Å². The number of Topliss-reactive ketones (excluding diaryl/α,β-unsaturated/α-hetero) is 2. The second-order valence-electron chi connectivity index (χ2n) is 4.47. The summed E-state index contributed by atoms with van der Waals surface area (Å²) in [6.07, 6.45) is 0. The molecule has 2 nitrogen and oxygen atoms in total. The summed E-state index contributed by atoms with van der Waals surface area (Å²) in [5.74, 6) is 0.284. The maximum absolute atomic E-state index is 10.7. The average Bonchev–Trinajstić information content (AvgIpc) is 2.88. The molecular weight excluding hydrogens is 280 g/mol. The van der Waals surface area contributed by atoms with E-state index in [0.717, 1.165) is 22.3 Å². The Hall–Kier alpha value is -1.44. The Morgan fingerprint density at radius 3 is 2.00 bits per heavy atom. The second kappa shape index (κ2) is 7.88. The number of aryl methyl sites for hydroxylation is 2. The van der Waals surface area contributed by atoms with Gasteiger partial charge < -0.3 is 38.9 Å². The van der Waals surface area contributed by atoms with Crippen LogP contribution in [-0.4, -0.2) is 11.6 Å². The van der Waals surface area contributed by atoms with E-state index >= 15 is 0 Å². The van der Waals surface area contributed by atoms with Crippen LogP contribution < -0.4 is 0 Å². The summed E-state index contributed by atoms with van der Waals surface area (Å²) < 4.78 is 0. The minimum atomic E-state index is 0. The molecular formula is C16H18FeO2-6. The molecule has 0 saturated carbocycles. The Morgan fingerprint density at radius 1 is 1.16 bits per heavy atom. The van der Waals surface area contributed by atoms with Crippen LogP contribution in [0.2, 0.25) is 0 Å². The molecule has 0 atom stereocenters. The van der Waals surface area contributed by atoms with E-state index in [1.165, 1.54) is 0 Å². The zero-order valence-electron chi connectivity index (χ0n) is 11.6. The third-order valence-corrected chi connectivity index (χ3v) is 2.63. The largest absolute Gasteiger partial charge is 0.718 e. The summed E-state index contributed by atoms with van der Waals surface area (Å²) in [5.41, 5.74) is 3.93. The van der Waals surface area contributed by atoms with Gasteiger partial charge in [-0.2, -0.15) is 19.1 Å². The Labute approximate surface area is 125 Å². The molecule has 2 aromatic rings. The average molecular weight is 298 g/mol. The maximum atomic E-state index is 10.7. The van der Waals surface area contributed by atoms with Crippen LogP contribution in [0.25, 0.3) is 0 Å². The van der Waals surface area contributed by atoms with Crippen molar-refractivity contribution in [1.29, 1.82) is 0 Å². The molecule has 3 heteroatoms. The molecule has 0 aliphatic carbocycles. The molecule has 0 unspecified atom stereocenters. The van der Waals surface area contributed by atoms with Crippen LogP contribution in [0.3, 0.4) is 0 Å². The Kier molecular flexibility index (Phi) is 7.28. The first-order valence-corrected chi connectivity index (χ1v) is 5.88. The van der Waals surface area contributed by atoms with E-state index in [9.17, 15) is 9.59 Å². The van der Waals surface area contributed by atoms with Gasteiger partial charge in [-0.05, 0) is 6.92 Å². The van der Waals surface area contributed by atoms with E-state index in [1.54, 1.807) is 13.8 Å². The van der Waals surface area contributed by atoms with Crippen molar-refractivity contribution >= 4 is 11.6 Å². The van der Waals surface area contributed by atoms with Crippen molar-refractivity contribution in [2.24, 2.45) is 0 Å². The first-order chi connectivity index (χ1) is 8.40. The number of hydrogen-bond donors (Lipinski definition) is 0. The molecule has 0 aromatic heterocycles. The fraction of sp³-hybridized carbons (Fsp3) is 0.250. The van der Waals surface area contributed by atoms with Crippen LogP contribution in [0, 0.1) is 13.8 Å². The normalized spacial score (nSPS) is 9.05. The van der Waals surface area contributed by atoms with Gasteiger partial charge in [-0.25, -0.2) is 11.6 Å². The van der Waals surface area contributed by atoms with Crippen molar-refractivity contribution in [3.05, 3.63) is 58.7 Å². The van der Waals surface area contributed by atoms with Crippen LogP contribution in [-0.2, 0) is 17.1 Å². The number of carbonyl (C=O) groups excluding carboxylic acids is 2. The fourth-order valence-electron chi connectivity index (χ4n) is 1.56. The Balaban J connectivity index is 0.000000324. The predicted octanol–water partition coefficient (Wildman–Crippen LogP) is 3.83. The number of rotatable bonds is 2. The van der Waals surface area contributed by atoms with E-state index in [0.29, 0.717) is 0 Å². The summed E-state index contributed by atoms with van der Waals surface area (Å²) in [7, 11) is 0. The van der Waals surface area contributed by atoms with Crippen LogP contribution in [0.15, 0.2) is 36.4 Å². The fourth-order valence-corrected chi connectivity index (χ4v) is 1.56. The summed E-state index contributed by atoms with van der Waals surface area (Å²) in [6.45, 7) is 7.11. The Morgan fingerprint density at radius 2 is 1.79 bits per heavy atom. The summed E-state index contributed by atoms with van der Waals surface area (Å²) in [6, 6.07) is 11.4. The van der Waals surface area contributed by atoms with Crippen LogP contribution in [0.1, 0.15) is 45.7 Å². The first kappa shape index (κ1) is 17.6. The third-order valence-electron chi connectivity index (χ3n) is 2.63. The van der Waals surface area contributed by atoms with E-state index in [2.05, 4.69) is 0 Å². The summed E-state index contributed by atoms with van der Waals surface area (Å²) >= 11 is 0. The van der Waals surface area contributed by atoms with Crippen molar-refractivity contribution in [2.45, 2.75) is 27.7 Å². The summed E-state index contributed by atoms with van der Waals surface area (Å²) in [4.78, 5) is 21.3. The first-order valence-electron chi connectivity index (χ1n) is 5.88. The van der Waals surface area contributed by atoms with Crippen LogP contribution in [0.4, 0.5) is 0 Å². The molecule has 0 amide bonds. The zero-order chi connectivity index (χ0) is 13.7. The van der Waals surface area contributed by atoms with Crippen molar-refractivity contribution in [3.8, 4) is 0 Å². The molecule has 0 spiro atoms. The smallest absolute Gasteiger partial charge is 0.105 e. The molecule has 0 bridgehead atoms. The van der Waals surface area contributed by atoms with Gasteiger partial charge in [0.05, 0.1) is 0 Å². The van der Waals surface area contributed by atoms with Gasteiger partial charge in [0.1, 0.15) is 5.78 Å². The SMILES string of the molecule is CC(=O)[c-]1[cH-][cH-][c-](C)[cH-]1.CC(=O)[c-]1ccc(C)c1.[Fe]. The molecule has 0 radical (unpaired) electrons. The molecule has 0 aliphatic rings. The quantitative estimate of drug-likeness (QED) is 0.480. The number of hydrogen-bond acceptors (Lipinski definition) is 2. The molecule has 108 valence electrons. The number of ketones is 2. The van der Waals surface area contributed by atoms with Crippen LogP contribution in [0.5, 0.6) is 0 Å². The van der Waals surface area contributed by atoms with E-state index in [4.69, 9.17) is 0 Å². The molecule has 0 aliphatic heterocycles. The molecule has 19 heavy (non-hydrogen) atoms.